The highest BCUT2D eigenvalue weighted by Crippen LogP contribution is 2.22. The van der Waals surface area contributed by atoms with Crippen molar-refractivity contribution in [2.75, 3.05) is 11.4 Å². The molecule has 0 spiro atoms. The molecule has 0 radical (unpaired) electrons. The van der Waals surface area contributed by atoms with E-state index < -0.39 is 12.0 Å². The normalized spacial score (nSPS) is 14.6. The van der Waals surface area contributed by atoms with Crippen molar-refractivity contribution >= 4 is 29.3 Å². The van der Waals surface area contributed by atoms with E-state index in [0.717, 1.165) is 19.3 Å². The first-order chi connectivity index (χ1) is 9.06. The summed E-state index contributed by atoms with van der Waals surface area (Å²) in [5, 5.41) is 12.2. The Balaban J connectivity index is 2.14. The SMILES string of the molecule is O=C(O)CN(C(=O)NC1CCC1)c1cccc(Cl)c1. The van der Waals surface area contributed by atoms with Crippen molar-refractivity contribution in [1.82, 2.24) is 5.32 Å². The number of carboxylic acid groups (broad SMARTS) is 1. The Hall–Kier alpha value is -1.75. The van der Waals surface area contributed by atoms with E-state index in [-0.39, 0.29) is 12.6 Å². The lowest BCUT2D eigenvalue weighted by Crippen LogP contribution is -2.49. The van der Waals surface area contributed by atoms with Gasteiger partial charge >= 0.3 is 12.0 Å². The maximum absolute atomic E-state index is 12.1. The first-order valence-electron chi connectivity index (χ1n) is 6.11. The molecule has 1 aliphatic carbocycles. The molecule has 1 fully saturated rings. The number of carbonyl (C=O) groups is 2. The quantitative estimate of drug-likeness (QED) is 0.891. The minimum atomic E-state index is -1.07. The van der Waals surface area contributed by atoms with E-state index in [4.69, 9.17) is 16.7 Å². The van der Waals surface area contributed by atoms with Gasteiger partial charge in [-0.25, -0.2) is 4.79 Å². The number of carbonyl (C=O) groups excluding carboxylic acids is 1. The molecule has 2 rings (SSSR count). The van der Waals surface area contributed by atoms with Crippen LogP contribution in [0.1, 0.15) is 19.3 Å². The lowest BCUT2D eigenvalue weighted by molar-refractivity contribution is -0.135. The summed E-state index contributed by atoms with van der Waals surface area (Å²) in [6.45, 7) is -0.390. The Bertz CT molecular complexity index is 489. The molecular formula is C13H15ClN2O3. The zero-order chi connectivity index (χ0) is 13.8. The highest BCUT2D eigenvalue weighted by Gasteiger charge is 2.24. The number of benzene rings is 1. The van der Waals surface area contributed by atoms with E-state index in [9.17, 15) is 9.59 Å². The Labute approximate surface area is 116 Å². The number of carboxylic acids is 1. The third-order valence-electron chi connectivity index (χ3n) is 3.09. The summed E-state index contributed by atoms with van der Waals surface area (Å²) in [4.78, 5) is 24.2. The van der Waals surface area contributed by atoms with Gasteiger partial charge in [0, 0.05) is 16.8 Å². The van der Waals surface area contributed by atoms with E-state index >= 15 is 0 Å². The molecular weight excluding hydrogens is 268 g/mol. The predicted octanol–water partition coefficient (Wildman–Crippen LogP) is 2.49. The lowest BCUT2D eigenvalue weighted by Gasteiger charge is -2.30. The molecule has 1 aromatic carbocycles. The topological polar surface area (TPSA) is 69.6 Å². The first kappa shape index (κ1) is 13.7. The van der Waals surface area contributed by atoms with Crippen LogP contribution in [0.3, 0.4) is 0 Å². The highest BCUT2D eigenvalue weighted by atomic mass is 35.5. The number of anilines is 1. The van der Waals surface area contributed by atoms with Crippen LogP contribution in [-0.4, -0.2) is 29.7 Å². The zero-order valence-electron chi connectivity index (χ0n) is 10.3. The van der Waals surface area contributed by atoms with Gasteiger partial charge in [0.25, 0.3) is 0 Å². The summed E-state index contributed by atoms with van der Waals surface area (Å²) >= 11 is 5.87. The van der Waals surface area contributed by atoms with E-state index in [1.165, 1.54) is 4.90 Å². The van der Waals surface area contributed by atoms with Crippen LogP contribution in [0.25, 0.3) is 0 Å². The van der Waals surface area contributed by atoms with Crippen LogP contribution in [0.2, 0.25) is 5.02 Å². The number of urea groups is 1. The lowest BCUT2D eigenvalue weighted by atomic mass is 9.93. The molecule has 0 aromatic heterocycles. The molecule has 1 aromatic rings. The Morgan fingerprint density at radius 1 is 1.42 bits per heavy atom. The van der Waals surface area contributed by atoms with E-state index in [1.807, 2.05) is 0 Å². The highest BCUT2D eigenvalue weighted by molar-refractivity contribution is 6.30. The van der Waals surface area contributed by atoms with E-state index in [2.05, 4.69) is 5.32 Å². The molecule has 1 saturated carbocycles. The average molecular weight is 283 g/mol. The van der Waals surface area contributed by atoms with Gasteiger partial charge < -0.3 is 10.4 Å². The van der Waals surface area contributed by atoms with Crippen molar-refractivity contribution in [3.63, 3.8) is 0 Å². The first-order valence-corrected chi connectivity index (χ1v) is 6.49. The van der Waals surface area contributed by atoms with Gasteiger partial charge in [-0.05, 0) is 37.5 Å². The molecule has 1 aliphatic rings. The Morgan fingerprint density at radius 3 is 2.68 bits per heavy atom. The smallest absolute Gasteiger partial charge is 0.323 e. The molecule has 102 valence electrons. The van der Waals surface area contributed by atoms with E-state index in [0.29, 0.717) is 10.7 Å². The van der Waals surface area contributed by atoms with Crippen LogP contribution in [0.15, 0.2) is 24.3 Å². The van der Waals surface area contributed by atoms with Crippen LogP contribution in [0, 0.1) is 0 Å². The number of hydrogen-bond donors (Lipinski definition) is 2. The number of rotatable bonds is 4. The molecule has 0 unspecified atom stereocenters. The number of aliphatic carboxylic acids is 1. The summed E-state index contributed by atoms with van der Waals surface area (Å²) in [6.07, 6.45) is 2.99. The van der Waals surface area contributed by atoms with Crippen LogP contribution >= 0.6 is 11.6 Å². The van der Waals surface area contributed by atoms with Gasteiger partial charge in [0.1, 0.15) is 6.54 Å². The molecule has 0 aliphatic heterocycles. The number of nitrogens with zero attached hydrogens (tertiary/aromatic N) is 1. The molecule has 6 heteroatoms. The van der Waals surface area contributed by atoms with Crippen molar-refractivity contribution in [3.05, 3.63) is 29.3 Å². The third-order valence-corrected chi connectivity index (χ3v) is 3.33. The van der Waals surface area contributed by atoms with Crippen LogP contribution < -0.4 is 10.2 Å². The molecule has 19 heavy (non-hydrogen) atoms. The second-order valence-electron chi connectivity index (χ2n) is 4.54. The van der Waals surface area contributed by atoms with Crippen molar-refractivity contribution in [2.24, 2.45) is 0 Å². The maximum Gasteiger partial charge on any atom is 0.323 e. The summed E-state index contributed by atoms with van der Waals surface area (Å²) in [5.74, 6) is -1.07. The summed E-state index contributed by atoms with van der Waals surface area (Å²) < 4.78 is 0. The largest absolute Gasteiger partial charge is 0.480 e. The second kappa shape index (κ2) is 5.93. The summed E-state index contributed by atoms with van der Waals surface area (Å²) in [5.41, 5.74) is 0.478. The molecule has 0 bridgehead atoms. The molecule has 2 amide bonds. The fourth-order valence-corrected chi connectivity index (χ4v) is 2.05. The van der Waals surface area contributed by atoms with E-state index in [1.54, 1.807) is 24.3 Å². The molecule has 0 heterocycles. The number of hydrogen-bond acceptors (Lipinski definition) is 2. The Kier molecular flexibility index (Phi) is 4.27. The van der Waals surface area contributed by atoms with Gasteiger partial charge in [0.15, 0.2) is 0 Å². The van der Waals surface area contributed by atoms with Gasteiger partial charge in [-0.15, -0.1) is 0 Å². The van der Waals surface area contributed by atoms with Gasteiger partial charge in [-0.1, -0.05) is 17.7 Å². The van der Waals surface area contributed by atoms with Crippen molar-refractivity contribution in [2.45, 2.75) is 25.3 Å². The third kappa shape index (κ3) is 3.61. The number of amides is 2. The minimum Gasteiger partial charge on any atom is -0.480 e. The molecule has 0 saturated heterocycles. The molecule has 0 atom stereocenters. The zero-order valence-corrected chi connectivity index (χ0v) is 11.1. The van der Waals surface area contributed by atoms with Gasteiger partial charge in [-0.2, -0.15) is 0 Å². The van der Waals surface area contributed by atoms with Crippen LogP contribution in [0.5, 0.6) is 0 Å². The van der Waals surface area contributed by atoms with Crippen molar-refractivity contribution in [1.29, 1.82) is 0 Å². The summed E-state index contributed by atoms with van der Waals surface area (Å²) in [7, 11) is 0. The van der Waals surface area contributed by atoms with Gasteiger partial charge in [0.2, 0.25) is 0 Å². The summed E-state index contributed by atoms with van der Waals surface area (Å²) in [6, 6.07) is 6.36. The Morgan fingerprint density at radius 2 is 2.16 bits per heavy atom. The molecule has 2 N–H and O–H groups in total. The average Bonchev–Trinajstić information content (AvgIpc) is 2.30. The predicted molar refractivity (Wildman–Crippen MR) is 72.6 cm³/mol. The molecule has 5 nitrogen and oxygen atoms in total. The minimum absolute atomic E-state index is 0.156. The fraction of sp³-hybridized carbons (Fsp3) is 0.385. The second-order valence-corrected chi connectivity index (χ2v) is 4.97. The monoisotopic (exact) mass is 282 g/mol. The number of nitrogens with one attached hydrogen (secondary N) is 1. The van der Waals surface area contributed by atoms with Gasteiger partial charge in [-0.3, -0.25) is 9.69 Å². The standard InChI is InChI=1S/C13H15ClN2O3/c14-9-3-1-6-11(7-9)16(8-12(17)18)13(19)15-10-4-2-5-10/h1,3,6-7,10H,2,4-5,8H2,(H,15,19)(H,17,18). The van der Waals surface area contributed by atoms with Crippen molar-refractivity contribution < 1.29 is 14.7 Å². The van der Waals surface area contributed by atoms with Crippen LogP contribution in [-0.2, 0) is 4.79 Å². The fourth-order valence-electron chi connectivity index (χ4n) is 1.86. The maximum atomic E-state index is 12.1. The van der Waals surface area contributed by atoms with Crippen molar-refractivity contribution in [3.8, 4) is 0 Å². The number of halogens is 1. The van der Waals surface area contributed by atoms with Gasteiger partial charge in [0.05, 0.1) is 0 Å². The van der Waals surface area contributed by atoms with Crippen LogP contribution in [0.4, 0.5) is 10.5 Å².